The van der Waals surface area contributed by atoms with Crippen molar-refractivity contribution in [2.45, 2.75) is 0 Å². The molecule has 0 bridgehead atoms. The van der Waals surface area contributed by atoms with E-state index in [-0.39, 0.29) is 12.4 Å². The number of pyridine rings is 1. The van der Waals surface area contributed by atoms with Crippen molar-refractivity contribution in [2.24, 2.45) is 11.7 Å². The van der Waals surface area contributed by atoms with Crippen LogP contribution in [0.3, 0.4) is 0 Å². The second-order valence-corrected chi connectivity index (χ2v) is 3.63. The van der Waals surface area contributed by atoms with E-state index in [0.717, 1.165) is 31.1 Å². The van der Waals surface area contributed by atoms with Crippen LogP contribution in [0.25, 0.3) is 6.08 Å². The molecule has 1 aliphatic heterocycles. The van der Waals surface area contributed by atoms with Crippen LogP contribution in [0.1, 0.15) is 5.69 Å². The minimum absolute atomic E-state index is 0. The standard InChI is InChI=1S/C11H15N3.ClH/c1-2-10-4-3-5-11(13-10)14-7-9(6-12)8-14;/h2-5,9H,1,6-8,12H2;1H. The number of rotatable bonds is 3. The van der Waals surface area contributed by atoms with Crippen LogP contribution < -0.4 is 10.6 Å². The molecule has 2 N–H and O–H groups in total. The minimum Gasteiger partial charge on any atom is -0.356 e. The Morgan fingerprint density at radius 2 is 2.27 bits per heavy atom. The summed E-state index contributed by atoms with van der Waals surface area (Å²) in [7, 11) is 0. The zero-order chi connectivity index (χ0) is 9.97. The molecule has 1 aromatic heterocycles. The molecule has 15 heavy (non-hydrogen) atoms. The molecular formula is C11H16ClN3. The molecule has 3 nitrogen and oxygen atoms in total. The first kappa shape index (κ1) is 12.0. The molecule has 0 amide bonds. The largest absolute Gasteiger partial charge is 0.356 e. The van der Waals surface area contributed by atoms with Gasteiger partial charge in [-0.2, -0.15) is 0 Å². The summed E-state index contributed by atoms with van der Waals surface area (Å²) in [6.45, 7) is 6.54. The highest BCUT2D eigenvalue weighted by atomic mass is 35.5. The lowest BCUT2D eigenvalue weighted by Crippen LogP contribution is -2.50. The first-order chi connectivity index (χ1) is 6.83. The maximum absolute atomic E-state index is 5.57. The predicted molar refractivity (Wildman–Crippen MR) is 66.3 cm³/mol. The van der Waals surface area contributed by atoms with Crippen LogP contribution in [0.15, 0.2) is 24.8 Å². The molecule has 0 atom stereocenters. The summed E-state index contributed by atoms with van der Waals surface area (Å²) in [5.74, 6) is 1.68. The average Bonchev–Trinajstić information content (AvgIpc) is 2.17. The normalized spacial score (nSPS) is 15.4. The Bertz CT molecular complexity index is 334. The summed E-state index contributed by atoms with van der Waals surface area (Å²) in [4.78, 5) is 6.69. The summed E-state index contributed by atoms with van der Waals surface area (Å²) in [6.07, 6.45) is 1.77. The van der Waals surface area contributed by atoms with Crippen molar-refractivity contribution in [3.63, 3.8) is 0 Å². The number of halogens is 1. The van der Waals surface area contributed by atoms with Gasteiger partial charge in [0.1, 0.15) is 5.82 Å². The lowest BCUT2D eigenvalue weighted by Gasteiger charge is -2.39. The maximum Gasteiger partial charge on any atom is 0.129 e. The molecular weight excluding hydrogens is 210 g/mol. The van der Waals surface area contributed by atoms with Crippen LogP contribution in [0.2, 0.25) is 0 Å². The smallest absolute Gasteiger partial charge is 0.129 e. The summed E-state index contributed by atoms with van der Waals surface area (Å²) < 4.78 is 0. The molecule has 1 aliphatic rings. The van der Waals surface area contributed by atoms with E-state index in [9.17, 15) is 0 Å². The zero-order valence-electron chi connectivity index (χ0n) is 8.60. The van der Waals surface area contributed by atoms with E-state index in [0.29, 0.717) is 5.92 Å². The van der Waals surface area contributed by atoms with Gasteiger partial charge in [-0.3, -0.25) is 0 Å². The lowest BCUT2D eigenvalue weighted by molar-refractivity contribution is 0.417. The Hall–Kier alpha value is -1.06. The third-order valence-electron chi connectivity index (χ3n) is 2.58. The van der Waals surface area contributed by atoms with Gasteiger partial charge >= 0.3 is 0 Å². The molecule has 1 aromatic rings. The Kier molecular flexibility index (Phi) is 4.12. The first-order valence-electron chi connectivity index (χ1n) is 4.88. The summed E-state index contributed by atoms with van der Waals surface area (Å²) >= 11 is 0. The molecule has 4 heteroatoms. The van der Waals surface area contributed by atoms with Gasteiger partial charge in [-0.25, -0.2) is 4.98 Å². The van der Waals surface area contributed by atoms with E-state index >= 15 is 0 Å². The SMILES string of the molecule is C=Cc1cccc(N2CC(CN)C2)n1.Cl. The van der Waals surface area contributed by atoms with Gasteiger partial charge < -0.3 is 10.6 Å². The fourth-order valence-corrected chi connectivity index (χ4v) is 1.64. The second-order valence-electron chi connectivity index (χ2n) is 3.63. The van der Waals surface area contributed by atoms with E-state index in [1.165, 1.54) is 0 Å². The first-order valence-corrected chi connectivity index (χ1v) is 4.88. The van der Waals surface area contributed by atoms with Crippen molar-refractivity contribution in [3.05, 3.63) is 30.5 Å². The van der Waals surface area contributed by atoms with Gasteiger partial charge in [0.25, 0.3) is 0 Å². The predicted octanol–water partition coefficient (Wildman–Crippen LogP) is 1.54. The van der Waals surface area contributed by atoms with Crippen LogP contribution in [-0.2, 0) is 0 Å². The highest BCUT2D eigenvalue weighted by molar-refractivity contribution is 5.85. The molecule has 0 unspecified atom stereocenters. The van der Waals surface area contributed by atoms with Gasteiger partial charge in [-0.05, 0) is 24.8 Å². The molecule has 0 aliphatic carbocycles. The molecule has 1 fully saturated rings. The highest BCUT2D eigenvalue weighted by Crippen LogP contribution is 2.22. The monoisotopic (exact) mass is 225 g/mol. The van der Waals surface area contributed by atoms with Crippen LogP contribution in [0.4, 0.5) is 5.82 Å². The quantitative estimate of drug-likeness (QED) is 0.849. The van der Waals surface area contributed by atoms with Gasteiger partial charge in [0.05, 0.1) is 5.69 Å². The molecule has 0 aromatic carbocycles. The number of hydrogen-bond donors (Lipinski definition) is 1. The van der Waals surface area contributed by atoms with Crippen molar-refractivity contribution in [1.82, 2.24) is 4.98 Å². The van der Waals surface area contributed by atoms with E-state index < -0.39 is 0 Å². The molecule has 0 radical (unpaired) electrons. The Morgan fingerprint density at radius 1 is 1.53 bits per heavy atom. The van der Waals surface area contributed by atoms with Gasteiger partial charge in [-0.15, -0.1) is 12.4 Å². The van der Waals surface area contributed by atoms with E-state index in [1.807, 2.05) is 18.2 Å². The third-order valence-corrected chi connectivity index (χ3v) is 2.58. The van der Waals surface area contributed by atoms with Crippen LogP contribution >= 0.6 is 12.4 Å². The summed E-state index contributed by atoms with van der Waals surface area (Å²) in [5, 5.41) is 0. The minimum atomic E-state index is 0. The van der Waals surface area contributed by atoms with E-state index in [1.54, 1.807) is 6.08 Å². The Labute approximate surface area is 96.4 Å². The topological polar surface area (TPSA) is 42.1 Å². The molecule has 82 valence electrons. The molecule has 0 spiro atoms. The summed E-state index contributed by atoms with van der Waals surface area (Å²) in [6, 6.07) is 5.99. The zero-order valence-corrected chi connectivity index (χ0v) is 9.41. The molecule has 0 saturated carbocycles. The van der Waals surface area contributed by atoms with Crippen molar-refractivity contribution in [3.8, 4) is 0 Å². The number of nitrogens with two attached hydrogens (primary N) is 1. The highest BCUT2D eigenvalue weighted by Gasteiger charge is 2.26. The fraction of sp³-hybridized carbons (Fsp3) is 0.364. The van der Waals surface area contributed by atoms with Gasteiger partial charge in [0, 0.05) is 19.0 Å². The molecule has 2 heterocycles. The van der Waals surface area contributed by atoms with Gasteiger partial charge in [0.15, 0.2) is 0 Å². The van der Waals surface area contributed by atoms with Gasteiger partial charge in [-0.1, -0.05) is 12.6 Å². The van der Waals surface area contributed by atoms with Crippen molar-refractivity contribution >= 4 is 24.3 Å². The number of nitrogens with zero attached hydrogens (tertiary/aromatic N) is 2. The maximum atomic E-state index is 5.57. The van der Waals surface area contributed by atoms with Crippen molar-refractivity contribution in [2.75, 3.05) is 24.5 Å². The van der Waals surface area contributed by atoms with Crippen molar-refractivity contribution < 1.29 is 0 Å². The lowest BCUT2D eigenvalue weighted by atomic mass is 10.0. The number of hydrogen-bond acceptors (Lipinski definition) is 3. The molecule has 1 saturated heterocycles. The van der Waals surface area contributed by atoms with Crippen LogP contribution in [-0.4, -0.2) is 24.6 Å². The fourth-order valence-electron chi connectivity index (χ4n) is 1.64. The number of aromatic nitrogens is 1. The van der Waals surface area contributed by atoms with Crippen LogP contribution in [0.5, 0.6) is 0 Å². The van der Waals surface area contributed by atoms with Gasteiger partial charge in [0.2, 0.25) is 0 Å². The second kappa shape index (κ2) is 5.14. The van der Waals surface area contributed by atoms with E-state index in [4.69, 9.17) is 5.73 Å². The number of anilines is 1. The van der Waals surface area contributed by atoms with E-state index in [2.05, 4.69) is 16.5 Å². The third kappa shape index (κ3) is 2.49. The Morgan fingerprint density at radius 3 is 2.87 bits per heavy atom. The summed E-state index contributed by atoms with van der Waals surface area (Å²) in [5.41, 5.74) is 6.50. The average molecular weight is 226 g/mol. The van der Waals surface area contributed by atoms with Crippen LogP contribution in [0, 0.1) is 5.92 Å². The Balaban J connectivity index is 0.00000112. The molecule has 2 rings (SSSR count). The van der Waals surface area contributed by atoms with Crippen molar-refractivity contribution in [1.29, 1.82) is 0 Å².